The average Bonchev–Trinajstić information content (AvgIpc) is 2.69. The summed E-state index contributed by atoms with van der Waals surface area (Å²) in [5, 5.41) is 10.4. The van der Waals surface area contributed by atoms with Gasteiger partial charge in [-0.25, -0.2) is 0 Å². The number of ketones is 2. The first-order valence-corrected chi connectivity index (χ1v) is 8.71. The molecule has 0 atom stereocenters. The SMILES string of the molecule is Nc1c(Oc2ccc(CCl)cc2)cc(O)c2c1C(=O)c1ccccc1C2=O. The van der Waals surface area contributed by atoms with Crippen LogP contribution in [-0.4, -0.2) is 16.7 Å². The topological polar surface area (TPSA) is 89.6 Å². The zero-order valence-electron chi connectivity index (χ0n) is 14.0. The molecule has 0 heterocycles. The minimum Gasteiger partial charge on any atom is -0.507 e. The molecular formula is C21H14ClNO4. The number of phenols is 1. The van der Waals surface area contributed by atoms with Crippen molar-refractivity contribution in [2.75, 3.05) is 5.73 Å². The zero-order chi connectivity index (χ0) is 19.1. The number of nitrogens with two attached hydrogens (primary N) is 1. The van der Waals surface area contributed by atoms with Crippen LogP contribution in [0.15, 0.2) is 54.6 Å². The molecule has 0 aromatic heterocycles. The van der Waals surface area contributed by atoms with Crippen molar-refractivity contribution in [1.82, 2.24) is 0 Å². The predicted molar refractivity (Wildman–Crippen MR) is 102 cm³/mol. The van der Waals surface area contributed by atoms with Crippen LogP contribution in [0.2, 0.25) is 0 Å². The van der Waals surface area contributed by atoms with Crippen LogP contribution in [-0.2, 0) is 5.88 Å². The van der Waals surface area contributed by atoms with E-state index in [1.54, 1.807) is 48.5 Å². The van der Waals surface area contributed by atoms with E-state index in [4.69, 9.17) is 22.1 Å². The van der Waals surface area contributed by atoms with Gasteiger partial charge in [0.1, 0.15) is 11.5 Å². The lowest BCUT2D eigenvalue weighted by atomic mass is 9.82. The third kappa shape index (κ3) is 2.73. The molecule has 3 aromatic carbocycles. The van der Waals surface area contributed by atoms with Gasteiger partial charge in [0.05, 0.1) is 16.8 Å². The Hall–Kier alpha value is -3.31. The first kappa shape index (κ1) is 17.1. The van der Waals surface area contributed by atoms with Crippen LogP contribution in [0.3, 0.4) is 0 Å². The summed E-state index contributed by atoms with van der Waals surface area (Å²) in [6.45, 7) is 0. The van der Waals surface area contributed by atoms with Gasteiger partial charge in [0, 0.05) is 23.1 Å². The molecule has 0 aliphatic heterocycles. The van der Waals surface area contributed by atoms with Crippen molar-refractivity contribution >= 4 is 28.9 Å². The molecule has 0 bridgehead atoms. The molecule has 0 spiro atoms. The van der Waals surface area contributed by atoms with Crippen LogP contribution in [0.4, 0.5) is 5.69 Å². The van der Waals surface area contributed by atoms with Gasteiger partial charge in [-0.3, -0.25) is 9.59 Å². The third-order valence-corrected chi connectivity index (χ3v) is 4.79. The van der Waals surface area contributed by atoms with Crippen LogP contribution in [0.5, 0.6) is 17.2 Å². The van der Waals surface area contributed by atoms with E-state index in [0.29, 0.717) is 11.6 Å². The summed E-state index contributed by atoms with van der Waals surface area (Å²) in [4.78, 5) is 25.6. The number of hydrogen-bond acceptors (Lipinski definition) is 5. The summed E-state index contributed by atoms with van der Waals surface area (Å²) in [7, 11) is 0. The van der Waals surface area contributed by atoms with Crippen LogP contribution in [0.25, 0.3) is 0 Å². The maximum atomic E-state index is 12.9. The fraction of sp³-hybridized carbons (Fsp3) is 0.0476. The van der Waals surface area contributed by atoms with Crippen molar-refractivity contribution < 1.29 is 19.4 Å². The first-order valence-electron chi connectivity index (χ1n) is 8.18. The number of nitrogen functional groups attached to an aromatic ring is 1. The number of halogens is 1. The van der Waals surface area contributed by atoms with Gasteiger partial charge in [-0.2, -0.15) is 0 Å². The molecule has 0 fully saturated rings. The van der Waals surface area contributed by atoms with Gasteiger partial charge in [0.25, 0.3) is 0 Å². The van der Waals surface area contributed by atoms with E-state index in [1.165, 1.54) is 6.07 Å². The number of anilines is 1. The fourth-order valence-electron chi connectivity index (χ4n) is 3.13. The van der Waals surface area contributed by atoms with Gasteiger partial charge in [-0.05, 0) is 17.7 Å². The lowest BCUT2D eigenvalue weighted by molar-refractivity contribution is 0.0977. The van der Waals surface area contributed by atoms with Gasteiger partial charge < -0.3 is 15.6 Å². The predicted octanol–water partition coefficient (Wildman–Crippen LogP) is 4.28. The summed E-state index contributed by atoms with van der Waals surface area (Å²) in [5.74, 6) is -0.272. The zero-order valence-corrected chi connectivity index (χ0v) is 14.8. The van der Waals surface area contributed by atoms with Gasteiger partial charge in [-0.1, -0.05) is 36.4 Å². The number of aromatic hydroxyl groups is 1. The van der Waals surface area contributed by atoms with Gasteiger partial charge in [0.15, 0.2) is 17.3 Å². The van der Waals surface area contributed by atoms with E-state index in [-0.39, 0.29) is 39.4 Å². The summed E-state index contributed by atoms with van der Waals surface area (Å²) in [6, 6.07) is 14.7. The molecule has 0 unspecified atom stereocenters. The highest BCUT2D eigenvalue weighted by Crippen LogP contribution is 2.42. The molecule has 3 aromatic rings. The Kier molecular flexibility index (Phi) is 4.09. The summed E-state index contributed by atoms with van der Waals surface area (Å²) in [6.07, 6.45) is 0. The Morgan fingerprint density at radius 3 is 2.11 bits per heavy atom. The molecular weight excluding hydrogens is 366 g/mol. The maximum Gasteiger partial charge on any atom is 0.198 e. The van der Waals surface area contributed by atoms with Gasteiger partial charge in [-0.15, -0.1) is 11.6 Å². The van der Waals surface area contributed by atoms with Crippen LogP contribution in [0.1, 0.15) is 37.4 Å². The van der Waals surface area contributed by atoms with Crippen molar-refractivity contribution in [3.63, 3.8) is 0 Å². The molecule has 0 amide bonds. The number of phenolic OH excluding ortho intramolecular Hbond substituents is 1. The molecule has 6 heteroatoms. The van der Waals surface area contributed by atoms with Crippen molar-refractivity contribution in [2.24, 2.45) is 0 Å². The van der Waals surface area contributed by atoms with Crippen molar-refractivity contribution in [3.05, 3.63) is 82.4 Å². The summed E-state index contributed by atoms with van der Waals surface area (Å²) < 4.78 is 5.74. The number of carbonyl (C=O) groups excluding carboxylic acids is 2. The number of fused-ring (bicyclic) bond motifs is 2. The van der Waals surface area contributed by atoms with Crippen molar-refractivity contribution in [1.29, 1.82) is 0 Å². The molecule has 1 aliphatic carbocycles. The molecule has 0 saturated carbocycles. The van der Waals surface area contributed by atoms with E-state index < -0.39 is 11.6 Å². The second kappa shape index (κ2) is 6.45. The number of alkyl halides is 1. The Morgan fingerprint density at radius 1 is 0.926 bits per heavy atom. The average molecular weight is 380 g/mol. The van der Waals surface area contributed by atoms with E-state index in [2.05, 4.69) is 0 Å². The normalized spacial score (nSPS) is 12.5. The summed E-state index contributed by atoms with van der Waals surface area (Å²) >= 11 is 5.77. The largest absolute Gasteiger partial charge is 0.507 e. The lowest BCUT2D eigenvalue weighted by Crippen LogP contribution is -2.22. The molecule has 5 nitrogen and oxygen atoms in total. The minimum absolute atomic E-state index is 0.0112. The fourth-order valence-corrected chi connectivity index (χ4v) is 3.31. The van der Waals surface area contributed by atoms with Crippen LogP contribution >= 0.6 is 11.6 Å². The van der Waals surface area contributed by atoms with E-state index in [0.717, 1.165) is 5.56 Å². The monoisotopic (exact) mass is 379 g/mol. The molecule has 134 valence electrons. The highest BCUT2D eigenvalue weighted by Gasteiger charge is 2.35. The van der Waals surface area contributed by atoms with Crippen LogP contribution < -0.4 is 10.5 Å². The molecule has 27 heavy (non-hydrogen) atoms. The van der Waals surface area contributed by atoms with Crippen LogP contribution in [0, 0.1) is 0 Å². The molecule has 0 radical (unpaired) electrons. The van der Waals surface area contributed by atoms with Crippen molar-refractivity contribution in [3.8, 4) is 17.2 Å². The first-order chi connectivity index (χ1) is 13.0. The summed E-state index contributed by atoms with van der Waals surface area (Å²) in [5.41, 5.74) is 7.45. The number of benzene rings is 3. The highest BCUT2D eigenvalue weighted by atomic mass is 35.5. The second-order valence-corrected chi connectivity index (χ2v) is 6.41. The van der Waals surface area contributed by atoms with E-state index in [9.17, 15) is 14.7 Å². The third-order valence-electron chi connectivity index (χ3n) is 4.48. The Bertz CT molecular complexity index is 1090. The number of ether oxygens (including phenoxy) is 1. The molecule has 0 saturated heterocycles. The maximum absolute atomic E-state index is 12.9. The Balaban J connectivity index is 1.82. The Morgan fingerprint density at radius 2 is 1.52 bits per heavy atom. The quantitative estimate of drug-likeness (QED) is 0.315. The minimum atomic E-state index is -0.442. The molecule has 3 N–H and O–H groups in total. The lowest BCUT2D eigenvalue weighted by Gasteiger charge is -2.21. The standard InChI is InChI=1S/C21H14ClNO4/c22-10-11-5-7-12(8-6-11)27-16-9-15(24)17-18(19(16)23)21(26)14-4-2-1-3-13(14)20(17)25/h1-9,24H,10,23H2. The number of carbonyl (C=O) groups is 2. The van der Waals surface area contributed by atoms with E-state index in [1.807, 2.05) is 0 Å². The molecule has 1 aliphatic rings. The van der Waals surface area contributed by atoms with Gasteiger partial charge in [0.2, 0.25) is 0 Å². The number of hydrogen-bond donors (Lipinski definition) is 2. The Labute approximate surface area is 160 Å². The molecule has 4 rings (SSSR count). The van der Waals surface area contributed by atoms with Gasteiger partial charge >= 0.3 is 0 Å². The second-order valence-electron chi connectivity index (χ2n) is 6.14. The highest BCUT2D eigenvalue weighted by molar-refractivity contribution is 6.31. The van der Waals surface area contributed by atoms with Crippen molar-refractivity contribution in [2.45, 2.75) is 5.88 Å². The smallest absolute Gasteiger partial charge is 0.198 e. The number of rotatable bonds is 3. The van der Waals surface area contributed by atoms with E-state index >= 15 is 0 Å².